The lowest BCUT2D eigenvalue weighted by molar-refractivity contribution is -0.155. The zero-order valence-corrected chi connectivity index (χ0v) is 13.4. The van der Waals surface area contributed by atoms with Crippen LogP contribution < -0.4 is 10.1 Å². The molecule has 1 aromatic rings. The van der Waals surface area contributed by atoms with Crippen molar-refractivity contribution in [3.8, 4) is 5.75 Å². The topological polar surface area (TPSA) is 39.7 Å². The molecule has 0 spiro atoms. The summed E-state index contributed by atoms with van der Waals surface area (Å²) in [5.41, 5.74) is 0.939. The Balaban J connectivity index is 3.12. The van der Waals surface area contributed by atoms with Crippen molar-refractivity contribution in [1.82, 2.24) is 5.32 Å². The molecule has 0 aliphatic rings. The maximum absolute atomic E-state index is 6.11. The van der Waals surface area contributed by atoms with E-state index in [0.717, 1.165) is 17.9 Å². The predicted octanol–water partition coefficient (Wildman–Crippen LogP) is 3.40. The lowest BCUT2D eigenvalue weighted by Gasteiger charge is -2.29. The summed E-state index contributed by atoms with van der Waals surface area (Å²) in [4.78, 5) is 0. The third kappa shape index (κ3) is 4.63. The molecule has 4 nitrogen and oxygen atoms in total. The number of nitrogens with one attached hydrogen (secondary N) is 1. The highest BCUT2D eigenvalue weighted by Crippen LogP contribution is 2.31. The first kappa shape index (κ1) is 17.2. The van der Waals surface area contributed by atoms with Gasteiger partial charge < -0.3 is 19.5 Å². The van der Waals surface area contributed by atoms with Crippen LogP contribution in [0, 0.1) is 0 Å². The number of likely N-dealkylation sites (N-methyl/N-ethyl adjacent to an activating group) is 1. The Morgan fingerprint density at radius 3 is 2.30 bits per heavy atom. The molecule has 5 heteroatoms. The maximum atomic E-state index is 6.11. The van der Waals surface area contributed by atoms with Crippen molar-refractivity contribution < 1.29 is 14.2 Å². The van der Waals surface area contributed by atoms with E-state index in [0.29, 0.717) is 18.2 Å². The van der Waals surface area contributed by atoms with Gasteiger partial charge >= 0.3 is 0 Å². The van der Waals surface area contributed by atoms with Crippen molar-refractivity contribution in [2.45, 2.75) is 33.1 Å². The summed E-state index contributed by atoms with van der Waals surface area (Å²) in [6.45, 7) is 7.88. The van der Waals surface area contributed by atoms with Crippen LogP contribution in [0.2, 0.25) is 5.02 Å². The van der Waals surface area contributed by atoms with Crippen molar-refractivity contribution in [2.24, 2.45) is 0 Å². The highest BCUT2D eigenvalue weighted by atomic mass is 35.5. The van der Waals surface area contributed by atoms with Crippen LogP contribution >= 0.6 is 11.6 Å². The van der Waals surface area contributed by atoms with Gasteiger partial charge in [0.25, 0.3) is 0 Å². The molecule has 0 aliphatic carbocycles. The SMILES string of the molecule is CCNC(c1cc(Cl)ccc1OC)C(OCC)OCC. The van der Waals surface area contributed by atoms with Crippen molar-refractivity contribution >= 4 is 11.6 Å². The average Bonchev–Trinajstić information content (AvgIpc) is 2.44. The Bertz CT molecular complexity index is 395. The first-order chi connectivity index (χ1) is 9.67. The molecule has 1 atom stereocenters. The van der Waals surface area contributed by atoms with Gasteiger partial charge in [-0.05, 0) is 38.6 Å². The van der Waals surface area contributed by atoms with Crippen molar-refractivity contribution in [1.29, 1.82) is 0 Å². The number of rotatable bonds is 9. The van der Waals surface area contributed by atoms with E-state index in [-0.39, 0.29) is 12.3 Å². The molecular formula is C15H24ClNO3. The van der Waals surface area contributed by atoms with E-state index >= 15 is 0 Å². The minimum absolute atomic E-state index is 0.131. The molecule has 0 heterocycles. The van der Waals surface area contributed by atoms with E-state index in [1.54, 1.807) is 7.11 Å². The molecule has 0 fully saturated rings. The Morgan fingerprint density at radius 2 is 1.80 bits per heavy atom. The molecular weight excluding hydrogens is 278 g/mol. The third-order valence-corrected chi connectivity index (χ3v) is 3.12. The summed E-state index contributed by atoms with van der Waals surface area (Å²) in [5.74, 6) is 0.768. The summed E-state index contributed by atoms with van der Waals surface area (Å²) < 4.78 is 16.8. The summed E-state index contributed by atoms with van der Waals surface area (Å²) in [6.07, 6.45) is -0.377. The molecule has 20 heavy (non-hydrogen) atoms. The van der Waals surface area contributed by atoms with E-state index in [1.165, 1.54) is 0 Å². The van der Waals surface area contributed by atoms with Crippen LogP contribution in [0.1, 0.15) is 32.4 Å². The van der Waals surface area contributed by atoms with Gasteiger partial charge in [0, 0.05) is 23.8 Å². The van der Waals surface area contributed by atoms with Gasteiger partial charge in [-0.25, -0.2) is 0 Å². The van der Waals surface area contributed by atoms with Gasteiger partial charge in [-0.2, -0.15) is 0 Å². The standard InChI is InChI=1S/C15H24ClNO3/c1-5-17-14(15(19-6-2)20-7-3)12-10-11(16)8-9-13(12)18-4/h8-10,14-15,17H,5-7H2,1-4H3. The lowest BCUT2D eigenvalue weighted by Crippen LogP contribution is -2.36. The first-order valence-corrected chi connectivity index (χ1v) is 7.35. The largest absolute Gasteiger partial charge is 0.496 e. The lowest BCUT2D eigenvalue weighted by atomic mass is 10.0. The zero-order chi connectivity index (χ0) is 15.0. The van der Waals surface area contributed by atoms with Crippen molar-refractivity contribution in [3.63, 3.8) is 0 Å². The Hall–Kier alpha value is -0.810. The summed E-state index contributed by atoms with van der Waals surface area (Å²) >= 11 is 6.11. The number of hydrogen-bond acceptors (Lipinski definition) is 4. The van der Waals surface area contributed by atoms with E-state index in [1.807, 2.05) is 39.0 Å². The summed E-state index contributed by atoms with van der Waals surface area (Å²) in [5, 5.41) is 4.04. The molecule has 0 aliphatic heterocycles. The molecule has 1 N–H and O–H groups in total. The smallest absolute Gasteiger partial charge is 0.176 e. The second kappa shape index (κ2) is 9.19. The molecule has 0 saturated heterocycles. The molecule has 0 bridgehead atoms. The van der Waals surface area contributed by atoms with Crippen LogP contribution in [0.15, 0.2) is 18.2 Å². The Morgan fingerprint density at radius 1 is 1.15 bits per heavy atom. The summed E-state index contributed by atoms with van der Waals surface area (Å²) in [6, 6.07) is 5.42. The van der Waals surface area contributed by atoms with Gasteiger partial charge in [0.2, 0.25) is 0 Å². The van der Waals surface area contributed by atoms with E-state index in [9.17, 15) is 0 Å². The molecule has 1 aromatic carbocycles. The summed E-state index contributed by atoms with van der Waals surface area (Å²) in [7, 11) is 1.64. The quantitative estimate of drug-likeness (QED) is 0.710. The van der Waals surface area contributed by atoms with Gasteiger partial charge in [-0.3, -0.25) is 0 Å². The molecule has 0 amide bonds. The highest BCUT2D eigenvalue weighted by Gasteiger charge is 2.26. The fourth-order valence-corrected chi connectivity index (χ4v) is 2.27. The van der Waals surface area contributed by atoms with Crippen LogP contribution in [-0.4, -0.2) is 33.2 Å². The predicted molar refractivity (Wildman–Crippen MR) is 81.5 cm³/mol. The second-order valence-electron chi connectivity index (χ2n) is 4.20. The number of hydrogen-bond donors (Lipinski definition) is 1. The molecule has 114 valence electrons. The van der Waals surface area contributed by atoms with Crippen LogP contribution in [0.4, 0.5) is 0 Å². The fraction of sp³-hybridized carbons (Fsp3) is 0.600. The minimum atomic E-state index is -0.377. The number of benzene rings is 1. The molecule has 0 saturated carbocycles. The van der Waals surface area contributed by atoms with E-state index in [2.05, 4.69) is 5.32 Å². The molecule has 0 radical (unpaired) electrons. The normalized spacial score (nSPS) is 12.7. The van der Waals surface area contributed by atoms with Crippen LogP contribution in [0.5, 0.6) is 5.75 Å². The van der Waals surface area contributed by atoms with Gasteiger partial charge in [-0.15, -0.1) is 0 Å². The van der Waals surface area contributed by atoms with Crippen LogP contribution in [-0.2, 0) is 9.47 Å². The molecule has 0 aromatic heterocycles. The molecule has 1 rings (SSSR count). The average molecular weight is 302 g/mol. The zero-order valence-electron chi connectivity index (χ0n) is 12.6. The van der Waals surface area contributed by atoms with Crippen molar-refractivity contribution in [2.75, 3.05) is 26.9 Å². The van der Waals surface area contributed by atoms with Crippen LogP contribution in [0.25, 0.3) is 0 Å². The molecule has 1 unspecified atom stereocenters. The third-order valence-electron chi connectivity index (χ3n) is 2.88. The highest BCUT2D eigenvalue weighted by molar-refractivity contribution is 6.30. The Labute approximate surface area is 126 Å². The van der Waals surface area contributed by atoms with Crippen LogP contribution in [0.3, 0.4) is 0 Å². The fourth-order valence-electron chi connectivity index (χ4n) is 2.09. The number of methoxy groups -OCH3 is 1. The first-order valence-electron chi connectivity index (χ1n) is 6.97. The van der Waals surface area contributed by atoms with Gasteiger partial charge in [0.05, 0.1) is 13.2 Å². The van der Waals surface area contributed by atoms with Gasteiger partial charge in [0.1, 0.15) is 5.75 Å². The number of halogens is 1. The van der Waals surface area contributed by atoms with E-state index in [4.69, 9.17) is 25.8 Å². The van der Waals surface area contributed by atoms with Gasteiger partial charge in [-0.1, -0.05) is 18.5 Å². The maximum Gasteiger partial charge on any atom is 0.176 e. The second-order valence-corrected chi connectivity index (χ2v) is 4.64. The monoisotopic (exact) mass is 301 g/mol. The minimum Gasteiger partial charge on any atom is -0.496 e. The van der Waals surface area contributed by atoms with Gasteiger partial charge in [0.15, 0.2) is 6.29 Å². The van der Waals surface area contributed by atoms with Crippen molar-refractivity contribution in [3.05, 3.63) is 28.8 Å². The Kier molecular flexibility index (Phi) is 7.92. The number of ether oxygens (including phenoxy) is 3. The van der Waals surface area contributed by atoms with E-state index < -0.39 is 0 Å².